The molecule has 0 radical (unpaired) electrons. The third kappa shape index (κ3) is 3.49. The van der Waals surface area contributed by atoms with Gasteiger partial charge < -0.3 is 14.4 Å². The number of carbonyl (C=O) groups is 2. The first kappa shape index (κ1) is 19.8. The molecule has 0 bridgehead atoms. The van der Waals surface area contributed by atoms with Crippen molar-refractivity contribution in [1.29, 1.82) is 0 Å². The number of hydrogen-bond acceptors (Lipinski definition) is 3. The zero-order valence-corrected chi connectivity index (χ0v) is 17.7. The van der Waals surface area contributed by atoms with Crippen LogP contribution in [0, 0.1) is 0 Å². The molecule has 3 heterocycles. The highest BCUT2D eigenvalue weighted by molar-refractivity contribution is 6.45. The van der Waals surface area contributed by atoms with E-state index in [1.54, 1.807) is 31.3 Å². The maximum absolute atomic E-state index is 12.7. The van der Waals surface area contributed by atoms with E-state index < -0.39 is 0 Å². The molecule has 7 nitrogen and oxygen atoms in total. The zero-order valence-electron chi connectivity index (χ0n) is 16.2. The van der Waals surface area contributed by atoms with E-state index in [1.807, 2.05) is 12.3 Å². The lowest BCUT2D eigenvalue weighted by atomic mass is 10.0. The van der Waals surface area contributed by atoms with Crippen LogP contribution in [0.15, 0.2) is 24.5 Å². The molecule has 1 aliphatic heterocycles. The summed E-state index contributed by atoms with van der Waals surface area (Å²) in [5.41, 5.74) is 3.79. The zero-order chi connectivity index (χ0) is 20.7. The molecule has 0 atom stereocenters. The number of hydrogen-bond donors (Lipinski definition) is 1. The van der Waals surface area contributed by atoms with Gasteiger partial charge in [0.25, 0.3) is 0 Å². The van der Waals surface area contributed by atoms with Gasteiger partial charge in [0.1, 0.15) is 0 Å². The van der Waals surface area contributed by atoms with Gasteiger partial charge in [-0.1, -0.05) is 29.3 Å². The number of aromatic nitrogens is 3. The highest BCUT2D eigenvalue weighted by atomic mass is 35.5. The monoisotopic (exact) mass is 433 g/mol. The van der Waals surface area contributed by atoms with Crippen molar-refractivity contribution in [2.45, 2.75) is 25.9 Å². The van der Waals surface area contributed by atoms with Gasteiger partial charge in [-0.25, -0.2) is 0 Å². The maximum atomic E-state index is 12.7. The van der Waals surface area contributed by atoms with Crippen molar-refractivity contribution in [1.82, 2.24) is 24.6 Å². The van der Waals surface area contributed by atoms with Crippen LogP contribution in [-0.2, 0) is 22.7 Å². The van der Waals surface area contributed by atoms with Crippen LogP contribution in [-0.4, -0.2) is 57.0 Å². The fraction of sp³-hybridized carbons (Fsp3) is 0.350. The summed E-state index contributed by atoms with van der Waals surface area (Å²) in [6.07, 6.45) is 4.00. The first-order valence-corrected chi connectivity index (χ1v) is 10.1. The van der Waals surface area contributed by atoms with E-state index in [9.17, 15) is 9.59 Å². The smallest absolute Gasteiger partial charge is 0.223 e. The summed E-state index contributed by atoms with van der Waals surface area (Å²) in [6, 6.07) is 3.75. The molecule has 0 spiro atoms. The number of aromatic amines is 1. The summed E-state index contributed by atoms with van der Waals surface area (Å²) in [7, 11) is 3.39. The molecule has 9 heteroatoms. The van der Waals surface area contributed by atoms with E-state index in [0.717, 1.165) is 27.7 Å². The largest absolute Gasteiger partial charge is 0.349 e. The van der Waals surface area contributed by atoms with E-state index in [4.69, 9.17) is 23.2 Å². The Morgan fingerprint density at radius 2 is 2.00 bits per heavy atom. The quantitative estimate of drug-likeness (QED) is 0.683. The molecule has 2 aromatic heterocycles. The summed E-state index contributed by atoms with van der Waals surface area (Å²) in [5, 5.41) is 8.92. The summed E-state index contributed by atoms with van der Waals surface area (Å²) >= 11 is 12.8. The molecule has 4 rings (SSSR count). The average molecular weight is 434 g/mol. The van der Waals surface area contributed by atoms with Crippen molar-refractivity contribution in [2.75, 3.05) is 20.6 Å². The molecule has 1 N–H and O–H groups in total. The Hall–Kier alpha value is -2.51. The number of H-pyrrole nitrogens is 1. The molecule has 0 unspecified atom stereocenters. The molecule has 1 aromatic carbocycles. The van der Waals surface area contributed by atoms with Gasteiger partial charge in [-0.3, -0.25) is 14.7 Å². The molecule has 0 saturated heterocycles. The van der Waals surface area contributed by atoms with Crippen LogP contribution in [0.5, 0.6) is 0 Å². The predicted molar refractivity (Wildman–Crippen MR) is 113 cm³/mol. The molecule has 3 aromatic rings. The van der Waals surface area contributed by atoms with Crippen molar-refractivity contribution in [2.24, 2.45) is 0 Å². The first-order valence-electron chi connectivity index (χ1n) is 9.34. The van der Waals surface area contributed by atoms with Gasteiger partial charge in [0.15, 0.2) is 0 Å². The molecule has 152 valence electrons. The van der Waals surface area contributed by atoms with Gasteiger partial charge in [-0.2, -0.15) is 5.10 Å². The van der Waals surface area contributed by atoms with E-state index in [0.29, 0.717) is 29.7 Å². The van der Waals surface area contributed by atoms with Gasteiger partial charge in [-0.15, -0.1) is 0 Å². The Kier molecular flexibility index (Phi) is 5.27. The number of rotatable bonds is 4. The highest BCUT2D eigenvalue weighted by Gasteiger charge is 2.28. The molecular formula is C20H21Cl2N5O2. The fourth-order valence-electron chi connectivity index (χ4n) is 3.84. The van der Waals surface area contributed by atoms with Gasteiger partial charge in [0, 0.05) is 68.4 Å². The Bertz CT molecular complexity index is 1090. The number of benzene rings is 1. The third-order valence-electron chi connectivity index (χ3n) is 5.35. The number of halogens is 2. The predicted octanol–water partition coefficient (Wildman–Crippen LogP) is 3.55. The van der Waals surface area contributed by atoms with Crippen molar-refractivity contribution in [3.05, 3.63) is 40.3 Å². The number of fused-ring (bicyclic) bond motifs is 3. The molecule has 2 amide bonds. The number of amides is 2. The minimum Gasteiger partial charge on any atom is -0.349 e. The lowest BCUT2D eigenvalue weighted by Crippen LogP contribution is -2.38. The Balaban J connectivity index is 1.71. The topological polar surface area (TPSA) is 74.2 Å². The van der Waals surface area contributed by atoms with Crippen LogP contribution in [0.25, 0.3) is 22.0 Å². The average Bonchev–Trinajstić information content (AvgIpc) is 3.33. The molecule has 0 fully saturated rings. The standard InChI is InChI=1S/C20H21Cl2N5O2/c1-25(2)16(28)5-6-17(29)26-7-8-27-15(11-26)18(12-9-23-24-10-12)13-3-4-14(21)19(22)20(13)27/h3-4,9-10H,5-8,11H2,1-2H3,(H,23,24). The van der Waals surface area contributed by atoms with Crippen LogP contribution >= 0.6 is 23.2 Å². The highest BCUT2D eigenvalue weighted by Crippen LogP contribution is 2.42. The van der Waals surface area contributed by atoms with Crippen LogP contribution in [0.2, 0.25) is 10.0 Å². The van der Waals surface area contributed by atoms with Gasteiger partial charge in [0.05, 0.1) is 28.3 Å². The van der Waals surface area contributed by atoms with Gasteiger partial charge in [-0.05, 0) is 6.07 Å². The van der Waals surface area contributed by atoms with Gasteiger partial charge in [0.2, 0.25) is 11.8 Å². The molecule has 29 heavy (non-hydrogen) atoms. The number of carbonyl (C=O) groups excluding carboxylic acids is 2. The first-order chi connectivity index (χ1) is 13.9. The lowest BCUT2D eigenvalue weighted by Gasteiger charge is -2.30. The van der Waals surface area contributed by atoms with Crippen molar-refractivity contribution < 1.29 is 9.59 Å². The number of nitrogens with one attached hydrogen (secondary N) is 1. The fourth-order valence-corrected chi connectivity index (χ4v) is 4.26. The second kappa shape index (κ2) is 7.72. The summed E-state index contributed by atoms with van der Waals surface area (Å²) in [5.74, 6) is -0.0797. The van der Waals surface area contributed by atoms with Crippen molar-refractivity contribution in [3.8, 4) is 11.1 Å². The second-order valence-corrected chi connectivity index (χ2v) is 8.11. The van der Waals surface area contributed by atoms with Gasteiger partial charge >= 0.3 is 0 Å². The van der Waals surface area contributed by atoms with E-state index in [-0.39, 0.29) is 24.7 Å². The van der Waals surface area contributed by atoms with Crippen LogP contribution in [0.4, 0.5) is 0 Å². The van der Waals surface area contributed by atoms with E-state index in [1.165, 1.54) is 4.90 Å². The summed E-state index contributed by atoms with van der Waals surface area (Å²) in [4.78, 5) is 27.9. The Labute approximate surface area is 178 Å². The SMILES string of the molecule is CN(C)C(=O)CCC(=O)N1CCn2c(c(-c3cn[nH]c3)c3ccc(Cl)c(Cl)c32)C1. The van der Waals surface area contributed by atoms with E-state index >= 15 is 0 Å². The van der Waals surface area contributed by atoms with E-state index in [2.05, 4.69) is 14.8 Å². The van der Waals surface area contributed by atoms with Crippen LogP contribution in [0.3, 0.4) is 0 Å². The molecular weight excluding hydrogens is 413 g/mol. The summed E-state index contributed by atoms with van der Waals surface area (Å²) in [6.45, 7) is 1.61. The van der Waals surface area contributed by atoms with Crippen molar-refractivity contribution >= 4 is 45.9 Å². The summed E-state index contributed by atoms with van der Waals surface area (Å²) < 4.78 is 2.14. The molecule has 0 aliphatic carbocycles. The minimum atomic E-state index is -0.0509. The van der Waals surface area contributed by atoms with Crippen LogP contribution < -0.4 is 0 Å². The molecule has 0 saturated carbocycles. The Morgan fingerprint density at radius 3 is 2.69 bits per heavy atom. The van der Waals surface area contributed by atoms with Crippen molar-refractivity contribution in [3.63, 3.8) is 0 Å². The maximum Gasteiger partial charge on any atom is 0.223 e. The lowest BCUT2D eigenvalue weighted by molar-refractivity contribution is -0.136. The third-order valence-corrected chi connectivity index (χ3v) is 6.14. The minimum absolute atomic E-state index is 0.0287. The molecule has 1 aliphatic rings. The second-order valence-electron chi connectivity index (χ2n) is 7.32. The van der Waals surface area contributed by atoms with Crippen LogP contribution in [0.1, 0.15) is 18.5 Å². The normalized spacial score (nSPS) is 13.6. The number of nitrogens with zero attached hydrogens (tertiary/aromatic N) is 4. The Morgan fingerprint density at radius 1 is 1.21 bits per heavy atom.